The number of hydrogen-bond acceptors (Lipinski definition) is 6. The second-order valence-corrected chi connectivity index (χ2v) is 8.66. The minimum atomic E-state index is -0.468. The summed E-state index contributed by atoms with van der Waals surface area (Å²) in [4.78, 5) is 25.3. The number of benzene rings is 1. The number of amides is 1. The van der Waals surface area contributed by atoms with Crippen molar-refractivity contribution in [2.24, 2.45) is 0 Å². The van der Waals surface area contributed by atoms with Gasteiger partial charge in [-0.3, -0.25) is 9.88 Å². The van der Waals surface area contributed by atoms with Crippen LogP contribution in [0.4, 0.5) is 4.79 Å². The van der Waals surface area contributed by atoms with E-state index in [9.17, 15) is 4.79 Å². The molecule has 1 fully saturated rings. The van der Waals surface area contributed by atoms with E-state index in [1.54, 1.807) is 12.4 Å². The van der Waals surface area contributed by atoms with Crippen molar-refractivity contribution in [3.8, 4) is 11.5 Å². The third-order valence-electron chi connectivity index (χ3n) is 5.01. The summed E-state index contributed by atoms with van der Waals surface area (Å²) in [6, 6.07) is 9.94. The lowest BCUT2D eigenvalue weighted by atomic mass is 10.2. The number of ether oxygens (including phenoxy) is 1. The van der Waals surface area contributed by atoms with Crippen LogP contribution in [0.5, 0.6) is 0 Å². The molecule has 0 atom stereocenters. The SMILES string of the molecule is CC(C)(C)OC(=O)N1CCCN(Cc2ccc3oc(-c4cccnc4)nc3c2)CC1. The van der Waals surface area contributed by atoms with E-state index in [1.807, 2.05) is 43.9 Å². The topological polar surface area (TPSA) is 71.7 Å². The van der Waals surface area contributed by atoms with Gasteiger partial charge < -0.3 is 14.1 Å². The largest absolute Gasteiger partial charge is 0.444 e. The number of pyridine rings is 1. The number of hydrogen-bond donors (Lipinski definition) is 0. The average molecular weight is 409 g/mol. The average Bonchev–Trinajstić information content (AvgIpc) is 2.98. The fraction of sp³-hybridized carbons (Fsp3) is 0.435. The van der Waals surface area contributed by atoms with E-state index in [2.05, 4.69) is 27.0 Å². The van der Waals surface area contributed by atoms with Crippen molar-refractivity contribution in [2.45, 2.75) is 39.3 Å². The fourth-order valence-electron chi connectivity index (χ4n) is 3.58. The zero-order valence-corrected chi connectivity index (χ0v) is 17.8. The lowest BCUT2D eigenvalue weighted by Gasteiger charge is -2.26. The van der Waals surface area contributed by atoms with E-state index < -0.39 is 5.60 Å². The summed E-state index contributed by atoms with van der Waals surface area (Å²) < 4.78 is 11.4. The summed E-state index contributed by atoms with van der Waals surface area (Å²) in [5.74, 6) is 0.582. The number of fused-ring (bicyclic) bond motifs is 1. The Morgan fingerprint density at radius 2 is 2.03 bits per heavy atom. The molecule has 7 heteroatoms. The quantitative estimate of drug-likeness (QED) is 0.642. The Kier molecular flexibility index (Phi) is 5.72. The predicted octanol–water partition coefficient (Wildman–Crippen LogP) is 4.33. The summed E-state index contributed by atoms with van der Waals surface area (Å²) in [5, 5.41) is 0. The van der Waals surface area contributed by atoms with Gasteiger partial charge in [-0.15, -0.1) is 0 Å². The lowest BCUT2D eigenvalue weighted by molar-refractivity contribution is 0.0257. The Morgan fingerprint density at radius 1 is 1.17 bits per heavy atom. The summed E-state index contributed by atoms with van der Waals surface area (Å²) in [6.45, 7) is 9.66. The van der Waals surface area contributed by atoms with E-state index in [-0.39, 0.29) is 6.09 Å². The van der Waals surface area contributed by atoms with Gasteiger partial charge in [-0.1, -0.05) is 6.07 Å². The van der Waals surface area contributed by atoms with E-state index >= 15 is 0 Å². The van der Waals surface area contributed by atoms with Crippen LogP contribution in [0.3, 0.4) is 0 Å². The summed E-state index contributed by atoms with van der Waals surface area (Å²) in [7, 11) is 0. The molecule has 0 N–H and O–H groups in total. The molecule has 0 radical (unpaired) electrons. The number of nitrogens with zero attached hydrogens (tertiary/aromatic N) is 4. The monoisotopic (exact) mass is 408 g/mol. The Hall–Kier alpha value is -2.93. The summed E-state index contributed by atoms with van der Waals surface area (Å²) in [5.41, 5.74) is 3.19. The van der Waals surface area contributed by atoms with Gasteiger partial charge in [-0.2, -0.15) is 0 Å². The Labute approximate surface area is 176 Å². The summed E-state index contributed by atoms with van der Waals surface area (Å²) >= 11 is 0. The van der Waals surface area contributed by atoms with E-state index in [1.165, 1.54) is 5.56 Å². The Balaban J connectivity index is 1.41. The fourth-order valence-corrected chi connectivity index (χ4v) is 3.58. The van der Waals surface area contributed by atoms with Crippen molar-refractivity contribution in [3.63, 3.8) is 0 Å². The van der Waals surface area contributed by atoms with Gasteiger partial charge in [0.1, 0.15) is 11.1 Å². The molecule has 0 spiro atoms. The highest BCUT2D eigenvalue weighted by molar-refractivity contribution is 5.76. The second-order valence-electron chi connectivity index (χ2n) is 8.66. The molecule has 158 valence electrons. The molecule has 2 aromatic heterocycles. The van der Waals surface area contributed by atoms with Crippen molar-refractivity contribution >= 4 is 17.2 Å². The van der Waals surface area contributed by atoms with E-state index in [0.717, 1.165) is 49.3 Å². The molecule has 1 saturated heterocycles. The zero-order chi connectivity index (χ0) is 21.1. The van der Waals surface area contributed by atoms with Crippen molar-refractivity contribution < 1.29 is 13.9 Å². The van der Waals surface area contributed by atoms with Crippen molar-refractivity contribution in [1.29, 1.82) is 0 Å². The molecule has 1 amide bonds. The first-order chi connectivity index (χ1) is 14.4. The molecule has 1 aliphatic heterocycles. The zero-order valence-electron chi connectivity index (χ0n) is 17.8. The number of carbonyl (C=O) groups is 1. The van der Waals surface area contributed by atoms with Crippen LogP contribution in [-0.4, -0.2) is 57.6 Å². The summed E-state index contributed by atoms with van der Waals surface area (Å²) in [6.07, 6.45) is 4.18. The van der Waals surface area contributed by atoms with Crippen LogP contribution in [0.15, 0.2) is 47.1 Å². The second kappa shape index (κ2) is 8.44. The van der Waals surface area contributed by atoms with Gasteiger partial charge in [0, 0.05) is 45.1 Å². The first-order valence-corrected chi connectivity index (χ1v) is 10.4. The smallest absolute Gasteiger partial charge is 0.410 e. The molecule has 0 aliphatic carbocycles. The first kappa shape index (κ1) is 20.3. The van der Waals surface area contributed by atoms with Crippen LogP contribution >= 0.6 is 0 Å². The molecule has 4 rings (SSSR count). The van der Waals surface area contributed by atoms with Gasteiger partial charge in [0.15, 0.2) is 5.58 Å². The Bertz CT molecular complexity index is 1010. The van der Waals surface area contributed by atoms with E-state index in [4.69, 9.17) is 9.15 Å². The molecule has 0 unspecified atom stereocenters. The first-order valence-electron chi connectivity index (χ1n) is 10.4. The predicted molar refractivity (Wildman–Crippen MR) is 115 cm³/mol. The molecule has 30 heavy (non-hydrogen) atoms. The molecule has 7 nitrogen and oxygen atoms in total. The molecule has 1 aliphatic rings. The maximum absolute atomic E-state index is 12.4. The van der Waals surface area contributed by atoms with Crippen molar-refractivity contribution in [2.75, 3.05) is 26.2 Å². The van der Waals surface area contributed by atoms with Gasteiger partial charge in [-0.05, 0) is 57.0 Å². The Morgan fingerprint density at radius 3 is 2.80 bits per heavy atom. The third kappa shape index (κ3) is 4.97. The number of rotatable bonds is 3. The molecule has 0 saturated carbocycles. The maximum Gasteiger partial charge on any atom is 0.410 e. The number of carbonyl (C=O) groups excluding carboxylic acids is 1. The van der Waals surface area contributed by atoms with Crippen LogP contribution in [0, 0.1) is 0 Å². The van der Waals surface area contributed by atoms with Gasteiger partial charge in [0.2, 0.25) is 5.89 Å². The van der Waals surface area contributed by atoms with Gasteiger partial charge in [0.05, 0.1) is 5.56 Å². The maximum atomic E-state index is 12.4. The van der Waals surface area contributed by atoms with Gasteiger partial charge >= 0.3 is 6.09 Å². The van der Waals surface area contributed by atoms with Gasteiger partial charge in [0.25, 0.3) is 0 Å². The standard InChI is InChI=1S/C23H28N4O3/c1-23(2,3)30-22(28)27-11-5-10-26(12-13-27)16-17-7-8-20-19(14-17)25-21(29-20)18-6-4-9-24-15-18/h4,6-9,14-15H,5,10-13,16H2,1-3H3. The highest BCUT2D eigenvalue weighted by Gasteiger charge is 2.24. The van der Waals surface area contributed by atoms with Crippen LogP contribution in [0.25, 0.3) is 22.6 Å². The highest BCUT2D eigenvalue weighted by atomic mass is 16.6. The van der Waals surface area contributed by atoms with Crippen LogP contribution < -0.4 is 0 Å². The molecule has 1 aromatic carbocycles. The molecular weight excluding hydrogens is 380 g/mol. The number of aromatic nitrogens is 2. The molecular formula is C23H28N4O3. The van der Waals surface area contributed by atoms with Crippen LogP contribution in [0.2, 0.25) is 0 Å². The van der Waals surface area contributed by atoms with E-state index in [0.29, 0.717) is 12.4 Å². The lowest BCUT2D eigenvalue weighted by Crippen LogP contribution is -2.39. The molecule has 3 heterocycles. The molecule has 3 aromatic rings. The van der Waals surface area contributed by atoms with Crippen molar-refractivity contribution in [1.82, 2.24) is 19.8 Å². The van der Waals surface area contributed by atoms with Crippen LogP contribution in [0.1, 0.15) is 32.8 Å². The molecule has 0 bridgehead atoms. The van der Waals surface area contributed by atoms with Gasteiger partial charge in [-0.25, -0.2) is 9.78 Å². The number of oxazole rings is 1. The minimum absolute atomic E-state index is 0.226. The third-order valence-corrected chi connectivity index (χ3v) is 5.01. The van der Waals surface area contributed by atoms with Crippen LogP contribution in [-0.2, 0) is 11.3 Å². The minimum Gasteiger partial charge on any atom is -0.444 e. The normalized spacial score (nSPS) is 15.9. The van der Waals surface area contributed by atoms with Crippen molar-refractivity contribution in [3.05, 3.63) is 48.3 Å². The highest BCUT2D eigenvalue weighted by Crippen LogP contribution is 2.25.